The van der Waals surface area contributed by atoms with Gasteiger partial charge in [-0.1, -0.05) is 18.2 Å². The summed E-state index contributed by atoms with van der Waals surface area (Å²) in [6.07, 6.45) is 6.19. The molecule has 1 aliphatic carbocycles. The number of halogens is 1. The van der Waals surface area contributed by atoms with E-state index in [0.29, 0.717) is 18.9 Å². The average molecular weight is 361 g/mol. The lowest BCUT2D eigenvalue weighted by Crippen LogP contribution is -2.13. The molecule has 1 aliphatic rings. The third kappa shape index (κ3) is 5.68. The van der Waals surface area contributed by atoms with E-state index in [1.165, 1.54) is 12.8 Å². The van der Waals surface area contributed by atoms with Crippen LogP contribution in [-0.2, 0) is 11.2 Å². The Labute approximate surface area is 155 Å². The molecule has 0 radical (unpaired) electrons. The highest BCUT2D eigenvalue weighted by atomic mass is 35.5. The van der Waals surface area contributed by atoms with Gasteiger partial charge in [0.05, 0.1) is 6.10 Å². The molecule has 0 aromatic heterocycles. The van der Waals surface area contributed by atoms with E-state index in [2.05, 4.69) is 5.32 Å². The highest BCUT2D eigenvalue weighted by Gasteiger charge is 2.16. The van der Waals surface area contributed by atoms with E-state index < -0.39 is 0 Å². The van der Waals surface area contributed by atoms with Crippen molar-refractivity contribution in [3.8, 4) is 5.75 Å². The second-order valence-corrected chi connectivity index (χ2v) is 6.30. The molecule has 0 atom stereocenters. The van der Waals surface area contributed by atoms with E-state index in [1.807, 2.05) is 48.5 Å². The fourth-order valence-corrected chi connectivity index (χ4v) is 3.05. The molecular weight excluding hydrogens is 336 g/mol. The number of carbonyl (C=O) groups is 1. The summed E-state index contributed by atoms with van der Waals surface area (Å²) in [5.41, 5.74) is 8.43. The molecule has 134 valence electrons. The van der Waals surface area contributed by atoms with E-state index in [9.17, 15) is 4.79 Å². The number of amides is 1. The van der Waals surface area contributed by atoms with Gasteiger partial charge in [0.25, 0.3) is 0 Å². The number of aryl methyl sites for hydroxylation is 1. The van der Waals surface area contributed by atoms with Crippen molar-refractivity contribution in [3.05, 3.63) is 54.1 Å². The van der Waals surface area contributed by atoms with Crippen LogP contribution in [0.2, 0.25) is 0 Å². The number of rotatable bonds is 6. The van der Waals surface area contributed by atoms with Crippen LogP contribution in [0.25, 0.3) is 0 Å². The van der Waals surface area contributed by atoms with Crippen LogP contribution in [0.3, 0.4) is 0 Å². The SMILES string of the molecule is Cl.Nc1ccccc1CCC(=O)Nc1ccc(OC2CCCC2)cc1. The van der Waals surface area contributed by atoms with Crippen molar-refractivity contribution in [2.24, 2.45) is 0 Å². The van der Waals surface area contributed by atoms with E-state index in [0.717, 1.165) is 35.5 Å². The van der Waals surface area contributed by atoms with Crippen molar-refractivity contribution in [1.29, 1.82) is 0 Å². The molecule has 25 heavy (non-hydrogen) atoms. The number of anilines is 2. The highest BCUT2D eigenvalue weighted by molar-refractivity contribution is 5.90. The Kier molecular flexibility index (Phi) is 7.14. The van der Waals surface area contributed by atoms with E-state index in [-0.39, 0.29) is 18.3 Å². The lowest BCUT2D eigenvalue weighted by atomic mass is 10.1. The summed E-state index contributed by atoms with van der Waals surface area (Å²) in [7, 11) is 0. The summed E-state index contributed by atoms with van der Waals surface area (Å²) in [6.45, 7) is 0. The second kappa shape index (κ2) is 9.33. The van der Waals surface area contributed by atoms with Crippen LogP contribution in [0.15, 0.2) is 48.5 Å². The number of carbonyl (C=O) groups excluding carboxylic acids is 1. The third-order valence-corrected chi connectivity index (χ3v) is 4.42. The number of nitrogens with one attached hydrogen (secondary N) is 1. The molecule has 1 fully saturated rings. The van der Waals surface area contributed by atoms with Gasteiger partial charge >= 0.3 is 0 Å². The van der Waals surface area contributed by atoms with Gasteiger partial charge in [0.1, 0.15) is 5.75 Å². The Morgan fingerprint density at radius 1 is 1.08 bits per heavy atom. The minimum Gasteiger partial charge on any atom is -0.490 e. The number of ether oxygens (including phenoxy) is 1. The summed E-state index contributed by atoms with van der Waals surface area (Å²) < 4.78 is 5.93. The quantitative estimate of drug-likeness (QED) is 0.741. The highest BCUT2D eigenvalue weighted by Crippen LogP contribution is 2.25. The minimum absolute atomic E-state index is 0. The molecule has 1 saturated carbocycles. The molecule has 0 saturated heterocycles. The molecule has 3 rings (SSSR count). The lowest BCUT2D eigenvalue weighted by Gasteiger charge is -2.13. The van der Waals surface area contributed by atoms with Gasteiger partial charge < -0.3 is 15.8 Å². The Morgan fingerprint density at radius 3 is 2.44 bits per heavy atom. The molecule has 2 aromatic carbocycles. The standard InChI is InChI=1S/C20H24N2O2.ClH/c21-19-8-4-1-5-15(19)9-14-20(23)22-16-10-12-18(13-11-16)24-17-6-2-3-7-17;/h1,4-5,8,10-13,17H,2-3,6-7,9,14,21H2,(H,22,23);1H. The normalized spacial score (nSPS) is 13.9. The summed E-state index contributed by atoms with van der Waals surface area (Å²) >= 11 is 0. The van der Waals surface area contributed by atoms with Gasteiger partial charge in [-0.15, -0.1) is 12.4 Å². The maximum Gasteiger partial charge on any atom is 0.224 e. The van der Waals surface area contributed by atoms with Crippen molar-refractivity contribution in [2.45, 2.75) is 44.6 Å². The Hall–Kier alpha value is -2.20. The number of nitrogens with two attached hydrogens (primary N) is 1. The van der Waals surface area contributed by atoms with Crippen molar-refractivity contribution in [2.75, 3.05) is 11.1 Å². The molecular formula is C20H25ClN2O2. The van der Waals surface area contributed by atoms with Crippen molar-refractivity contribution in [3.63, 3.8) is 0 Å². The first-order valence-electron chi connectivity index (χ1n) is 8.60. The maximum absolute atomic E-state index is 12.1. The zero-order valence-electron chi connectivity index (χ0n) is 14.2. The second-order valence-electron chi connectivity index (χ2n) is 6.30. The maximum atomic E-state index is 12.1. The largest absolute Gasteiger partial charge is 0.490 e. The van der Waals surface area contributed by atoms with Crippen molar-refractivity contribution >= 4 is 29.7 Å². The van der Waals surface area contributed by atoms with Crippen LogP contribution in [0.5, 0.6) is 5.75 Å². The molecule has 4 nitrogen and oxygen atoms in total. The summed E-state index contributed by atoms with van der Waals surface area (Å²) in [4.78, 5) is 12.1. The van der Waals surface area contributed by atoms with Crippen LogP contribution in [-0.4, -0.2) is 12.0 Å². The Balaban J connectivity index is 0.00000225. The first-order chi connectivity index (χ1) is 11.7. The average Bonchev–Trinajstić information content (AvgIpc) is 3.09. The lowest BCUT2D eigenvalue weighted by molar-refractivity contribution is -0.116. The van der Waals surface area contributed by atoms with Gasteiger partial charge in [-0.2, -0.15) is 0 Å². The van der Waals surface area contributed by atoms with Gasteiger partial charge in [0, 0.05) is 17.8 Å². The van der Waals surface area contributed by atoms with E-state index >= 15 is 0 Å². The van der Waals surface area contributed by atoms with Crippen LogP contribution in [0.4, 0.5) is 11.4 Å². The van der Waals surface area contributed by atoms with Crippen molar-refractivity contribution in [1.82, 2.24) is 0 Å². The van der Waals surface area contributed by atoms with Crippen LogP contribution in [0.1, 0.15) is 37.7 Å². The fourth-order valence-electron chi connectivity index (χ4n) is 3.05. The first kappa shape index (κ1) is 19.1. The number of benzene rings is 2. The molecule has 0 unspecified atom stereocenters. The third-order valence-electron chi connectivity index (χ3n) is 4.42. The summed E-state index contributed by atoms with van der Waals surface area (Å²) in [5, 5.41) is 2.92. The number of nitrogen functional groups attached to an aromatic ring is 1. The zero-order valence-corrected chi connectivity index (χ0v) is 15.1. The monoisotopic (exact) mass is 360 g/mol. The molecule has 0 heterocycles. The minimum atomic E-state index is -0.0114. The molecule has 0 aliphatic heterocycles. The van der Waals surface area contributed by atoms with Crippen LogP contribution < -0.4 is 15.8 Å². The number of hydrogen-bond donors (Lipinski definition) is 2. The molecule has 0 spiro atoms. The van der Waals surface area contributed by atoms with Gasteiger partial charge in [-0.05, 0) is 68.0 Å². The Bertz CT molecular complexity index is 682. The van der Waals surface area contributed by atoms with Gasteiger partial charge in [-0.3, -0.25) is 4.79 Å². The number of para-hydroxylation sites is 1. The van der Waals surface area contributed by atoms with Crippen LogP contribution >= 0.6 is 12.4 Å². The van der Waals surface area contributed by atoms with Crippen LogP contribution in [0, 0.1) is 0 Å². The Morgan fingerprint density at radius 2 is 1.76 bits per heavy atom. The molecule has 3 N–H and O–H groups in total. The predicted octanol–water partition coefficient (Wildman–Crippen LogP) is 4.58. The predicted molar refractivity (Wildman–Crippen MR) is 104 cm³/mol. The molecule has 2 aromatic rings. The fraction of sp³-hybridized carbons (Fsp3) is 0.350. The van der Waals surface area contributed by atoms with Gasteiger partial charge in [-0.25, -0.2) is 0 Å². The smallest absolute Gasteiger partial charge is 0.224 e. The topological polar surface area (TPSA) is 64.4 Å². The number of hydrogen-bond acceptors (Lipinski definition) is 3. The van der Waals surface area contributed by atoms with E-state index in [1.54, 1.807) is 0 Å². The summed E-state index contributed by atoms with van der Waals surface area (Å²) in [6, 6.07) is 15.3. The first-order valence-corrected chi connectivity index (χ1v) is 8.60. The van der Waals surface area contributed by atoms with Gasteiger partial charge in [0.15, 0.2) is 0 Å². The molecule has 5 heteroatoms. The van der Waals surface area contributed by atoms with Crippen molar-refractivity contribution < 1.29 is 9.53 Å². The zero-order chi connectivity index (χ0) is 16.8. The van der Waals surface area contributed by atoms with E-state index in [4.69, 9.17) is 10.5 Å². The molecule has 0 bridgehead atoms. The van der Waals surface area contributed by atoms with Gasteiger partial charge in [0.2, 0.25) is 5.91 Å². The molecule has 1 amide bonds. The summed E-state index contributed by atoms with van der Waals surface area (Å²) in [5.74, 6) is 0.861.